The van der Waals surface area contributed by atoms with Gasteiger partial charge in [-0.05, 0) is 12.1 Å². The van der Waals surface area contributed by atoms with E-state index in [4.69, 9.17) is 5.26 Å². The Labute approximate surface area is 121 Å². The van der Waals surface area contributed by atoms with Gasteiger partial charge >= 0.3 is 12.1 Å². The van der Waals surface area contributed by atoms with Crippen LogP contribution in [-0.2, 0) is 11.0 Å². The van der Waals surface area contributed by atoms with Crippen molar-refractivity contribution < 1.29 is 22.5 Å². The van der Waals surface area contributed by atoms with E-state index in [0.717, 1.165) is 0 Å². The van der Waals surface area contributed by atoms with Crippen molar-refractivity contribution in [3.8, 4) is 17.5 Å². The smallest absolute Gasteiger partial charge is 0.336 e. The third kappa shape index (κ3) is 3.38. The van der Waals surface area contributed by atoms with E-state index in [-0.39, 0.29) is 17.1 Å². The van der Waals surface area contributed by atoms with E-state index >= 15 is 0 Å². The summed E-state index contributed by atoms with van der Waals surface area (Å²) in [7, 11) is 0. The molecule has 1 N–H and O–H groups in total. The maximum atomic E-state index is 12.4. The van der Waals surface area contributed by atoms with Gasteiger partial charge in [-0.2, -0.15) is 23.4 Å². The lowest BCUT2D eigenvalue weighted by atomic mass is 10.1. The van der Waals surface area contributed by atoms with Crippen molar-refractivity contribution >= 4 is 5.91 Å². The summed E-state index contributed by atoms with van der Waals surface area (Å²) in [6.07, 6.45) is -3.54. The van der Waals surface area contributed by atoms with Gasteiger partial charge in [-0.25, -0.2) is 0 Å². The average Bonchev–Trinajstić information content (AvgIpc) is 2.94. The number of halogens is 3. The molecule has 2 rings (SSSR count). The molecule has 114 valence electrons. The minimum atomic E-state index is -4.73. The number of hydrogen-bond donors (Lipinski definition) is 1. The number of aromatic nitrogens is 3. The van der Waals surface area contributed by atoms with Gasteiger partial charge in [0, 0.05) is 18.7 Å². The molecule has 0 aliphatic carbocycles. The summed E-state index contributed by atoms with van der Waals surface area (Å²) >= 11 is 0. The van der Waals surface area contributed by atoms with E-state index < -0.39 is 24.0 Å². The second-order valence-electron chi connectivity index (χ2n) is 4.16. The first-order chi connectivity index (χ1) is 10.3. The number of nitriles is 1. The maximum absolute atomic E-state index is 12.4. The molecule has 0 aliphatic rings. The van der Waals surface area contributed by atoms with Gasteiger partial charge in [-0.1, -0.05) is 5.16 Å². The number of alkyl halides is 3. The zero-order valence-electron chi connectivity index (χ0n) is 11.0. The van der Waals surface area contributed by atoms with Gasteiger partial charge in [0.1, 0.15) is 0 Å². The van der Waals surface area contributed by atoms with E-state index in [2.05, 4.69) is 25.0 Å². The first-order valence-electron chi connectivity index (χ1n) is 5.85. The summed E-state index contributed by atoms with van der Waals surface area (Å²) in [6, 6.07) is 3.64. The van der Waals surface area contributed by atoms with Crippen molar-refractivity contribution in [3.05, 3.63) is 29.9 Å². The van der Waals surface area contributed by atoms with E-state index in [0.29, 0.717) is 0 Å². The minimum Gasteiger partial charge on any atom is -0.336 e. The molecule has 0 spiro atoms. The van der Waals surface area contributed by atoms with Gasteiger partial charge in [0.25, 0.3) is 0 Å². The van der Waals surface area contributed by atoms with Crippen molar-refractivity contribution in [2.24, 2.45) is 0 Å². The van der Waals surface area contributed by atoms with Crippen LogP contribution in [-0.4, -0.2) is 21.0 Å². The molecule has 0 aromatic carbocycles. The van der Waals surface area contributed by atoms with Crippen LogP contribution in [0.2, 0.25) is 0 Å². The highest BCUT2D eigenvalue weighted by Crippen LogP contribution is 2.29. The van der Waals surface area contributed by atoms with Crippen LogP contribution in [0.1, 0.15) is 24.6 Å². The maximum Gasteiger partial charge on any atom is 0.471 e. The number of pyridine rings is 1. The molecule has 2 heterocycles. The number of rotatable bonds is 3. The molecule has 0 saturated heterocycles. The fourth-order valence-corrected chi connectivity index (χ4v) is 1.54. The molecule has 1 unspecified atom stereocenters. The Hall–Kier alpha value is -2.96. The molecule has 1 atom stereocenters. The van der Waals surface area contributed by atoms with Crippen molar-refractivity contribution in [1.29, 1.82) is 5.26 Å². The van der Waals surface area contributed by atoms with Crippen molar-refractivity contribution in [2.45, 2.75) is 19.1 Å². The first-order valence-corrected chi connectivity index (χ1v) is 5.85. The van der Waals surface area contributed by atoms with Gasteiger partial charge < -0.3 is 9.84 Å². The third-order valence-electron chi connectivity index (χ3n) is 2.49. The zero-order chi connectivity index (χ0) is 16.3. The lowest BCUT2D eigenvalue weighted by Gasteiger charge is -2.09. The SMILES string of the molecule is CC(=O)NC(C#N)c1ccc(-c2noc(C(F)(F)F)n2)cn1. The van der Waals surface area contributed by atoms with E-state index in [1.807, 2.05) is 6.07 Å². The summed E-state index contributed by atoms with van der Waals surface area (Å²) in [6.45, 7) is 1.25. The fourth-order valence-electron chi connectivity index (χ4n) is 1.54. The molecule has 0 bridgehead atoms. The highest BCUT2D eigenvalue weighted by molar-refractivity contribution is 5.73. The number of nitrogens with one attached hydrogen (secondary N) is 1. The van der Waals surface area contributed by atoms with Crippen molar-refractivity contribution in [2.75, 3.05) is 0 Å². The molecule has 22 heavy (non-hydrogen) atoms. The average molecular weight is 311 g/mol. The lowest BCUT2D eigenvalue weighted by molar-refractivity contribution is -0.159. The predicted molar refractivity (Wildman–Crippen MR) is 64.7 cm³/mol. The van der Waals surface area contributed by atoms with Crippen LogP contribution in [0.15, 0.2) is 22.9 Å². The van der Waals surface area contributed by atoms with Gasteiger partial charge in [-0.15, -0.1) is 0 Å². The Morgan fingerprint density at radius 1 is 1.45 bits per heavy atom. The molecule has 0 radical (unpaired) electrons. The highest BCUT2D eigenvalue weighted by atomic mass is 19.4. The molecule has 0 fully saturated rings. The Morgan fingerprint density at radius 3 is 2.64 bits per heavy atom. The summed E-state index contributed by atoms with van der Waals surface area (Å²) in [4.78, 5) is 18.1. The largest absolute Gasteiger partial charge is 0.471 e. The lowest BCUT2D eigenvalue weighted by Crippen LogP contribution is -2.25. The molecular formula is C12H8F3N5O2. The third-order valence-corrected chi connectivity index (χ3v) is 2.49. The van der Waals surface area contributed by atoms with Gasteiger partial charge in [0.05, 0.1) is 11.8 Å². The number of carbonyl (C=O) groups excluding carboxylic acids is 1. The van der Waals surface area contributed by atoms with Crippen LogP contribution < -0.4 is 5.32 Å². The normalized spacial score (nSPS) is 12.5. The molecule has 1 amide bonds. The summed E-state index contributed by atoms with van der Waals surface area (Å²) < 4.78 is 41.2. The fraction of sp³-hybridized carbons (Fsp3) is 0.250. The van der Waals surface area contributed by atoms with Gasteiger partial charge in [0.2, 0.25) is 11.7 Å². The predicted octanol–water partition coefficient (Wildman–Crippen LogP) is 1.85. The first kappa shape index (κ1) is 15.4. The molecule has 0 aliphatic heterocycles. The van der Waals surface area contributed by atoms with Crippen LogP contribution >= 0.6 is 0 Å². The quantitative estimate of drug-likeness (QED) is 0.927. The highest BCUT2D eigenvalue weighted by Gasteiger charge is 2.38. The van der Waals surface area contributed by atoms with Crippen LogP contribution in [0.3, 0.4) is 0 Å². The summed E-state index contributed by atoms with van der Waals surface area (Å²) in [5.41, 5.74) is 0.420. The van der Waals surface area contributed by atoms with Crippen molar-refractivity contribution in [1.82, 2.24) is 20.4 Å². The molecular weight excluding hydrogens is 303 g/mol. The van der Waals surface area contributed by atoms with Gasteiger partial charge in [0.15, 0.2) is 6.04 Å². The number of amides is 1. The number of hydrogen-bond acceptors (Lipinski definition) is 6. The van der Waals surface area contributed by atoms with Crippen molar-refractivity contribution in [3.63, 3.8) is 0 Å². The number of carbonyl (C=O) groups is 1. The second-order valence-corrected chi connectivity index (χ2v) is 4.16. The minimum absolute atomic E-state index is 0.183. The second kappa shape index (κ2) is 5.80. The molecule has 0 saturated carbocycles. The van der Waals surface area contributed by atoms with E-state index in [1.54, 1.807) is 0 Å². The van der Waals surface area contributed by atoms with Crippen LogP contribution in [0.4, 0.5) is 13.2 Å². The van der Waals surface area contributed by atoms with Crippen LogP contribution in [0.25, 0.3) is 11.4 Å². The molecule has 10 heteroatoms. The van der Waals surface area contributed by atoms with E-state index in [9.17, 15) is 18.0 Å². The summed E-state index contributed by atoms with van der Waals surface area (Å²) in [5, 5.41) is 14.5. The van der Waals surface area contributed by atoms with Crippen LogP contribution in [0, 0.1) is 11.3 Å². The standard InChI is InChI=1S/C12H8F3N5O2/c1-6(21)18-9(4-16)8-3-2-7(5-17-8)10-19-11(22-20-10)12(13,14)15/h2-3,5,9H,1H3,(H,18,21). The molecule has 2 aromatic rings. The summed E-state index contributed by atoms with van der Waals surface area (Å²) in [5.74, 6) is -2.15. The monoisotopic (exact) mass is 311 g/mol. The topological polar surface area (TPSA) is 105 Å². The number of nitrogens with zero attached hydrogens (tertiary/aromatic N) is 4. The molecule has 7 nitrogen and oxygen atoms in total. The van der Waals surface area contributed by atoms with E-state index in [1.165, 1.54) is 25.3 Å². The molecule has 2 aromatic heterocycles. The Bertz CT molecular complexity index is 718. The Morgan fingerprint density at radius 2 is 2.18 bits per heavy atom. The Kier molecular flexibility index (Phi) is 4.07. The Balaban J connectivity index is 2.24. The van der Waals surface area contributed by atoms with Gasteiger partial charge in [-0.3, -0.25) is 9.78 Å². The zero-order valence-corrected chi connectivity index (χ0v) is 11.0. The van der Waals surface area contributed by atoms with Crippen LogP contribution in [0.5, 0.6) is 0 Å².